The highest BCUT2D eigenvalue weighted by Gasteiger charge is 2.54. The molecule has 0 unspecified atom stereocenters. The van der Waals surface area contributed by atoms with Crippen LogP contribution >= 0.6 is 51.5 Å². The Hall–Kier alpha value is -12.1. The molecule has 756 valence electrons. The van der Waals surface area contributed by atoms with Crippen LogP contribution in [0.15, 0.2) is 162 Å². The van der Waals surface area contributed by atoms with E-state index in [0.29, 0.717) is 151 Å². The van der Waals surface area contributed by atoms with E-state index in [1.807, 2.05) is 149 Å². The molecule has 4 aromatic carbocycles. The minimum Gasteiger partial charge on any atom is -0.444 e. The van der Waals surface area contributed by atoms with Gasteiger partial charge in [-0.05, 0) is 301 Å². The summed E-state index contributed by atoms with van der Waals surface area (Å²) in [5.41, 5.74) is 10.5. The molecule has 0 bridgehead atoms. The summed E-state index contributed by atoms with van der Waals surface area (Å²) in [7, 11) is -0.882. The number of aryl methyl sites for hydroxylation is 3. The molecule has 0 radical (unpaired) electrons. The number of carbonyl (C=O) groups is 3. The van der Waals surface area contributed by atoms with Gasteiger partial charge in [-0.15, -0.1) is 53.2 Å². The summed E-state index contributed by atoms with van der Waals surface area (Å²) in [6.45, 7) is 42.7. The number of fused-ring (bicyclic) bond motifs is 7. The number of amides is 3. The molecule has 20 rings (SSSR count). The molecule has 16 heterocycles. The summed E-state index contributed by atoms with van der Waals surface area (Å²) in [6.07, 6.45) is 20.2. The number of benzene rings is 4. The fraction of sp³-hybridized carbons (Fsp3) is 0.379. The Morgan fingerprint density at radius 3 is 1.08 bits per heavy atom. The number of aromatic nitrogens is 14. The van der Waals surface area contributed by atoms with Crippen LogP contribution in [0.25, 0.3) is 99.8 Å². The highest BCUT2D eigenvalue weighted by atomic mass is 79.9. The smallest absolute Gasteiger partial charge is 0.444 e. The van der Waals surface area contributed by atoms with Crippen molar-refractivity contribution in [1.29, 1.82) is 0 Å². The number of hydrogen-bond donors (Lipinski definition) is 1. The van der Waals surface area contributed by atoms with E-state index in [1.165, 1.54) is 54.6 Å². The molecule has 14 aromatic rings. The van der Waals surface area contributed by atoms with Crippen molar-refractivity contribution >= 4 is 167 Å². The zero-order valence-electron chi connectivity index (χ0n) is 83.4. The van der Waals surface area contributed by atoms with Crippen LogP contribution < -0.4 is 10.8 Å². The second-order valence-electron chi connectivity index (χ2n) is 40.5. The van der Waals surface area contributed by atoms with E-state index in [4.69, 9.17) is 56.0 Å². The summed E-state index contributed by atoms with van der Waals surface area (Å²) in [5, 5.41) is 36.9. The molecule has 0 saturated carbocycles. The molecule has 2 saturated heterocycles. The molecular formula is C103H111B2BrCl3F7N18O10. The predicted octanol–water partition coefficient (Wildman–Crippen LogP) is 22.8. The van der Waals surface area contributed by atoms with Crippen molar-refractivity contribution in [3.63, 3.8) is 0 Å². The molecule has 144 heavy (non-hydrogen) atoms. The first kappa shape index (κ1) is 108. The van der Waals surface area contributed by atoms with Gasteiger partial charge >= 0.3 is 32.5 Å². The first-order valence-electron chi connectivity index (χ1n) is 46.6. The van der Waals surface area contributed by atoms with Crippen molar-refractivity contribution in [1.82, 2.24) is 89.0 Å². The molecule has 6 aliphatic heterocycles. The van der Waals surface area contributed by atoms with Gasteiger partial charge in [-0.3, -0.25) is 0 Å². The Labute approximate surface area is 853 Å². The molecule has 28 nitrogen and oxygen atoms in total. The Kier molecular flexibility index (Phi) is 32.0. The van der Waals surface area contributed by atoms with E-state index in [0.717, 1.165) is 64.9 Å². The summed E-state index contributed by atoms with van der Waals surface area (Å²) in [6, 6.07) is 23.2. The van der Waals surface area contributed by atoms with Gasteiger partial charge in [0.2, 0.25) is 0 Å². The van der Waals surface area contributed by atoms with Crippen molar-refractivity contribution in [3.05, 3.63) is 247 Å². The van der Waals surface area contributed by atoms with Crippen LogP contribution in [0.3, 0.4) is 0 Å². The summed E-state index contributed by atoms with van der Waals surface area (Å²) < 4.78 is 146. The summed E-state index contributed by atoms with van der Waals surface area (Å²) in [5.74, 6) is -2.86. The van der Waals surface area contributed by atoms with Crippen LogP contribution in [0, 0.1) is 61.5 Å². The molecule has 1 N–H and O–H groups in total. The van der Waals surface area contributed by atoms with Crippen LogP contribution in [0.1, 0.15) is 177 Å². The van der Waals surface area contributed by atoms with Crippen molar-refractivity contribution in [2.24, 2.45) is 0 Å². The maximum Gasteiger partial charge on any atom is 0.496 e. The molecule has 2 fully saturated rings. The number of rotatable bonds is 7. The fourth-order valence-electron chi connectivity index (χ4n) is 16.2. The van der Waals surface area contributed by atoms with E-state index < -0.39 is 52.6 Å². The third kappa shape index (κ3) is 25.5. The lowest BCUT2D eigenvalue weighted by atomic mass is 9.75. The third-order valence-corrected chi connectivity index (χ3v) is 25.7. The van der Waals surface area contributed by atoms with Gasteiger partial charge in [0.25, 0.3) is 0 Å². The lowest BCUT2D eigenvalue weighted by molar-refractivity contribution is 0.00578. The van der Waals surface area contributed by atoms with Crippen LogP contribution in [-0.2, 0) is 32.8 Å². The van der Waals surface area contributed by atoms with Crippen molar-refractivity contribution < 1.29 is 77.9 Å². The molecule has 41 heteroatoms. The predicted molar refractivity (Wildman–Crippen MR) is 549 cm³/mol. The van der Waals surface area contributed by atoms with Gasteiger partial charge in [-0.2, -0.15) is 0 Å². The SMILES string of the molecule is CC(C)(C)OC(=O)N1CC=C(B2OC(C)(C)C(C)(C)O2)CC1.CC(C)(C)OC(=O)N1CC=C(c2cc(F)c3cc(Cl)nnc3c2)CC1.Cc1cn2cc(-c3cc4c(F)cc(C5=CCN(C(=O)OC(C)(C)C)CC5)cc4nn3)cc(F)c2n1.Cc1cn2cc(-c3cc4c(F)cc(C5=CCNCC5)cc4nn3)cc(F)c2n1.Cc1cn2cc(B3OC(C)(C)C(C)(C)O3)cc(F)c2n1.Cl.Fc1cc(Br)cc2nnc(Cl)cc12. The van der Waals surface area contributed by atoms with Gasteiger partial charge in [0.15, 0.2) is 44.7 Å². The number of pyridine rings is 3. The molecule has 3 amide bonds. The van der Waals surface area contributed by atoms with E-state index in [1.54, 1.807) is 109 Å². The zero-order chi connectivity index (χ0) is 103. The van der Waals surface area contributed by atoms with Crippen LogP contribution in [0.5, 0.6) is 0 Å². The highest BCUT2D eigenvalue weighted by Crippen LogP contribution is 2.42. The van der Waals surface area contributed by atoms with Gasteiger partial charge < -0.3 is 66.0 Å². The molecule has 0 aliphatic carbocycles. The number of carbonyl (C=O) groups excluding carboxylic acids is 3. The summed E-state index contributed by atoms with van der Waals surface area (Å²) >= 11 is 14.5. The van der Waals surface area contributed by atoms with Crippen LogP contribution in [-0.4, -0.2) is 208 Å². The van der Waals surface area contributed by atoms with Gasteiger partial charge in [-0.25, -0.2) is 60.1 Å². The number of imidazole rings is 3. The van der Waals surface area contributed by atoms with Gasteiger partial charge in [0.05, 0.1) is 72.9 Å². The zero-order valence-corrected chi connectivity index (χ0v) is 87.4. The van der Waals surface area contributed by atoms with E-state index in [2.05, 4.69) is 83.1 Å². The Balaban J connectivity index is 0.000000140. The lowest BCUT2D eigenvalue weighted by Crippen LogP contribution is -2.41. The quantitative estimate of drug-likeness (QED) is 0.0881. The van der Waals surface area contributed by atoms with Gasteiger partial charge in [-0.1, -0.05) is 63.4 Å². The Morgan fingerprint density at radius 2 is 0.722 bits per heavy atom. The topological polar surface area (TPSA) is 293 Å². The fourth-order valence-corrected chi connectivity index (χ4v) is 16.9. The number of nitrogens with zero attached hydrogens (tertiary/aromatic N) is 17. The van der Waals surface area contributed by atoms with E-state index in [9.17, 15) is 40.7 Å². The molecule has 0 spiro atoms. The number of hydrogen-bond acceptors (Lipinski definition) is 22. The minimum atomic E-state index is -0.568. The molecule has 10 aromatic heterocycles. The minimum absolute atomic E-state index is 0. The molecule has 6 aliphatic rings. The maximum absolute atomic E-state index is 15.2. The second kappa shape index (κ2) is 42.9. The van der Waals surface area contributed by atoms with Gasteiger partial charge in [0.1, 0.15) is 40.1 Å². The number of halogens is 11. The lowest BCUT2D eigenvalue weighted by Gasteiger charge is -2.32. The van der Waals surface area contributed by atoms with E-state index >= 15 is 4.39 Å². The normalized spacial score (nSPS) is 16.6. The second-order valence-corrected chi connectivity index (χ2v) is 42.2. The monoisotopic (exact) mass is 2100 g/mol. The molecular weight excluding hydrogens is 1990 g/mol. The first-order chi connectivity index (χ1) is 67.1. The molecule has 0 atom stereocenters. The van der Waals surface area contributed by atoms with E-state index in [-0.39, 0.29) is 93.9 Å². The average molecular weight is 2100 g/mol. The number of ether oxygens (including phenoxy) is 3. The standard InChI is InChI=1S/C26H25F2N5O2.C21H17F2N5.C18H19ClFN3O2.C16H28BNO4.C14H18BFN2O2.C8H3BrClFN2.ClH/c1-15-13-33-14-18(10-21(28)24(33)29-15)22-12-19-20(27)9-17(11-23(19)31-30-22)16-5-7-32(8-6-16)25(34)35-26(2,3)4;1-12-10-28-11-15(7-18(23)21(28)25-12)19-9-16-17(22)6-14(8-20(16)27-26-19)13-2-4-24-5-3-13;1-18(2,3)25-17(24)23-6-4-11(5-7-23)12-8-14(20)13-10-16(19)22-21-15(13)9-12;1-14(2,3)20-13(19)18-10-8-12(9-11-18)17-21-15(4,5)16(6,7)22-17;1-9-7-18-8-10(6-11(16)12(18)17-9)15-19-13(2,3)14(4,5)20-15;9-4-1-6(11)5-3-8(10)13-12-7(5)2-4;/h5,9-14H,6-8H2,1-4H3;2,6-11,24H,3-5H2,1H3;4,8-10H,5-7H2,1-3H3;8H,9-11H2,1-7H3;6-8H,1-5H3;1-3H;1H. The van der Waals surface area contributed by atoms with Crippen molar-refractivity contribution in [3.8, 4) is 22.5 Å². The van der Waals surface area contributed by atoms with Crippen molar-refractivity contribution in [2.75, 3.05) is 52.4 Å². The van der Waals surface area contributed by atoms with Crippen molar-refractivity contribution in [2.45, 2.75) is 203 Å². The third-order valence-electron chi connectivity index (χ3n) is 24.9. The largest absolute Gasteiger partial charge is 0.496 e. The summed E-state index contributed by atoms with van der Waals surface area (Å²) in [4.78, 5) is 53.9. The number of nitrogens with one attached hydrogen (secondary N) is 1. The van der Waals surface area contributed by atoms with Crippen LogP contribution in [0.4, 0.5) is 45.1 Å². The van der Waals surface area contributed by atoms with Gasteiger partial charge in [0, 0.05) is 126 Å². The highest BCUT2D eigenvalue weighted by molar-refractivity contribution is 9.10. The first-order valence-corrected chi connectivity index (χ1v) is 48.1. The average Bonchev–Trinajstić information content (AvgIpc) is 1.61. The Bertz CT molecular complexity index is 7400. The Morgan fingerprint density at radius 1 is 0.389 bits per heavy atom. The maximum atomic E-state index is 15.2. The van der Waals surface area contributed by atoms with Crippen LogP contribution in [0.2, 0.25) is 10.3 Å².